The summed E-state index contributed by atoms with van der Waals surface area (Å²) in [6.45, 7) is 0. The van der Waals surface area contributed by atoms with Crippen molar-refractivity contribution in [1.82, 2.24) is 4.98 Å². The molecule has 2 aromatic heterocycles. The van der Waals surface area contributed by atoms with Gasteiger partial charge in [0.25, 0.3) is 15.9 Å². The first-order valence-electron chi connectivity index (χ1n) is 6.96. The lowest BCUT2D eigenvalue weighted by Gasteiger charge is -2.08. The largest absolute Gasteiger partial charge is 0.495 e. The van der Waals surface area contributed by atoms with Crippen LogP contribution in [0, 0.1) is 0 Å². The second-order valence-corrected chi connectivity index (χ2v) is 8.44. The maximum atomic E-state index is 12.3. The van der Waals surface area contributed by atoms with Gasteiger partial charge in [-0.25, -0.2) is 13.4 Å². The molecule has 0 bridgehead atoms. The van der Waals surface area contributed by atoms with E-state index in [2.05, 4.69) is 15.0 Å². The fraction of sp³-hybridized carbons (Fsp3) is 0.0667. The van der Waals surface area contributed by atoms with Crippen molar-refractivity contribution in [2.75, 3.05) is 17.1 Å². The Morgan fingerprint density at radius 1 is 1.16 bits per heavy atom. The summed E-state index contributed by atoms with van der Waals surface area (Å²) >= 11 is 2.13. The van der Waals surface area contributed by atoms with E-state index in [1.807, 2.05) is 0 Å². The summed E-state index contributed by atoms with van der Waals surface area (Å²) < 4.78 is 32.1. The molecule has 130 valence electrons. The molecule has 0 aliphatic rings. The number of thiazole rings is 1. The average molecular weight is 395 g/mol. The summed E-state index contributed by atoms with van der Waals surface area (Å²) in [5, 5.41) is 5.96. The highest BCUT2D eigenvalue weighted by Gasteiger charge is 2.19. The van der Waals surface area contributed by atoms with E-state index in [0.29, 0.717) is 11.4 Å². The van der Waals surface area contributed by atoms with E-state index < -0.39 is 15.9 Å². The van der Waals surface area contributed by atoms with Crippen LogP contribution in [-0.2, 0) is 10.0 Å². The monoisotopic (exact) mass is 395 g/mol. The number of hydrogen-bond acceptors (Lipinski definition) is 7. The van der Waals surface area contributed by atoms with Gasteiger partial charge in [-0.1, -0.05) is 18.2 Å². The molecule has 1 aromatic carbocycles. The first kappa shape index (κ1) is 17.4. The number of methoxy groups -OCH3 is 1. The lowest BCUT2D eigenvalue weighted by Crippen LogP contribution is -2.14. The Bertz CT molecular complexity index is 981. The molecular weight excluding hydrogens is 382 g/mol. The van der Waals surface area contributed by atoms with Gasteiger partial charge in [0.1, 0.15) is 15.7 Å². The maximum absolute atomic E-state index is 12.3. The van der Waals surface area contributed by atoms with Crippen LogP contribution in [0.15, 0.2) is 51.4 Å². The first-order valence-corrected chi connectivity index (χ1v) is 10.2. The molecular formula is C15H13N3O4S3. The van der Waals surface area contributed by atoms with Gasteiger partial charge in [0.2, 0.25) is 0 Å². The minimum absolute atomic E-state index is 0.111. The van der Waals surface area contributed by atoms with Crippen LogP contribution in [0.3, 0.4) is 0 Å². The predicted octanol–water partition coefficient (Wildman–Crippen LogP) is 3.27. The van der Waals surface area contributed by atoms with Gasteiger partial charge in [0.05, 0.1) is 12.8 Å². The molecule has 7 nitrogen and oxygen atoms in total. The van der Waals surface area contributed by atoms with E-state index in [1.165, 1.54) is 18.6 Å². The third-order valence-corrected chi connectivity index (χ3v) is 6.70. The molecule has 2 heterocycles. The summed E-state index contributed by atoms with van der Waals surface area (Å²) in [5.74, 6) is 0.0621. The number of carbonyl (C=O) groups excluding carboxylic acids is 1. The smallest absolute Gasteiger partial charge is 0.275 e. The number of nitrogens with zero attached hydrogens (tertiary/aromatic N) is 1. The zero-order valence-electron chi connectivity index (χ0n) is 12.9. The molecule has 0 saturated carbocycles. The maximum Gasteiger partial charge on any atom is 0.275 e. The normalized spacial score (nSPS) is 11.1. The van der Waals surface area contributed by atoms with Crippen molar-refractivity contribution in [3.05, 3.63) is 52.9 Å². The highest BCUT2D eigenvalue weighted by atomic mass is 32.2. The van der Waals surface area contributed by atoms with Crippen molar-refractivity contribution in [2.45, 2.75) is 4.21 Å². The fourth-order valence-corrected chi connectivity index (χ4v) is 4.88. The number of thiophene rings is 1. The second-order valence-electron chi connectivity index (χ2n) is 4.73. The molecule has 0 radical (unpaired) electrons. The number of ether oxygens (including phenoxy) is 1. The number of aromatic nitrogens is 1. The van der Waals surface area contributed by atoms with Gasteiger partial charge in [-0.15, -0.1) is 22.7 Å². The first-order chi connectivity index (χ1) is 12.0. The predicted molar refractivity (Wildman–Crippen MR) is 98.2 cm³/mol. The quantitative estimate of drug-likeness (QED) is 0.668. The molecule has 0 atom stereocenters. The highest BCUT2D eigenvalue weighted by Crippen LogP contribution is 2.25. The van der Waals surface area contributed by atoms with Gasteiger partial charge in [0, 0.05) is 5.38 Å². The molecule has 1 amide bonds. The lowest BCUT2D eigenvalue weighted by atomic mass is 10.3. The molecule has 25 heavy (non-hydrogen) atoms. The number of sulfonamides is 1. The highest BCUT2D eigenvalue weighted by molar-refractivity contribution is 7.94. The van der Waals surface area contributed by atoms with Crippen LogP contribution in [0.1, 0.15) is 10.5 Å². The van der Waals surface area contributed by atoms with Crippen molar-refractivity contribution >= 4 is 49.4 Å². The lowest BCUT2D eigenvalue weighted by molar-refractivity contribution is 0.102. The Hall–Kier alpha value is -2.43. The standard InChI is InChI=1S/C15H13N3O4S3/c1-22-12-6-3-2-5-10(12)16-14(19)11-9-24-15(17-11)18-25(20,21)13-7-4-8-23-13/h2-9H,1H3,(H,16,19)(H,17,18). The van der Waals surface area contributed by atoms with E-state index in [-0.39, 0.29) is 15.0 Å². The Morgan fingerprint density at radius 3 is 2.68 bits per heavy atom. The van der Waals surface area contributed by atoms with E-state index in [4.69, 9.17) is 4.74 Å². The van der Waals surface area contributed by atoms with Gasteiger partial charge < -0.3 is 10.1 Å². The molecule has 0 aliphatic heterocycles. The second kappa shape index (κ2) is 7.21. The van der Waals surface area contributed by atoms with E-state index >= 15 is 0 Å². The summed E-state index contributed by atoms with van der Waals surface area (Å²) in [7, 11) is -2.18. The molecule has 3 rings (SSSR count). The van der Waals surface area contributed by atoms with Crippen molar-refractivity contribution < 1.29 is 17.9 Å². The van der Waals surface area contributed by atoms with Crippen molar-refractivity contribution in [3.63, 3.8) is 0 Å². The molecule has 0 spiro atoms. The van der Waals surface area contributed by atoms with Gasteiger partial charge >= 0.3 is 0 Å². The topological polar surface area (TPSA) is 97.4 Å². The van der Waals surface area contributed by atoms with Gasteiger partial charge in [-0.2, -0.15) is 0 Å². The van der Waals surface area contributed by atoms with Crippen molar-refractivity contribution in [1.29, 1.82) is 0 Å². The third-order valence-electron chi connectivity index (χ3n) is 3.07. The Morgan fingerprint density at radius 2 is 1.96 bits per heavy atom. The van der Waals surface area contributed by atoms with Gasteiger partial charge in [-0.05, 0) is 23.6 Å². The van der Waals surface area contributed by atoms with E-state index in [1.54, 1.807) is 35.7 Å². The summed E-state index contributed by atoms with van der Waals surface area (Å²) in [6.07, 6.45) is 0. The van der Waals surface area contributed by atoms with Gasteiger partial charge in [0.15, 0.2) is 5.13 Å². The third kappa shape index (κ3) is 3.98. The summed E-state index contributed by atoms with van der Waals surface area (Å²) in [4.78, 5) is 16.3. The number of amides is 1. The zero-order chi connectivity index (χ0) is 17.9. The van der Waals surface area contributed by atoms with Crippen LogP contribution >= 0.6 is 22.7 Å². The fourth-order valence-electron chi connectivity index (χ4n) is 1.94. The van der Waals surface area contributed by atoms with Crippen LogP contribution in [-0.4, -0.2) is 26.4 Å². The summed E-state index contributed by atoms with van der Waals surface area (Å²) in [5.41, 5.74) is 0.614. The number of rotatable bonds is 6. The zero-order valence-corrected chi connectivity index (χ0v) is 15.4. The Labute approximate surface area is 152 Å². The molecule has 0 fully saturated rings. The summed E-state index contributed by atoms with van der Waals surface area (Å²) in [6, 6.07) is 10.1. The molecule has 2 N–H and O–H groups in total. The van der Waals surface area contributed by atoms with E-state index in [0.717, 1.165) is 22.7 Å². The van der Waals surface area contributed by atoms with Crippen molar-refractivity contribution in [2.24, 2.45) is 0 Å². The van der Waals surface area contributed by atoms with E-state index in [9.17, 15) is 13.2 Å². The Balaban J connectivity index is 1.74. The number of anilines is 2. The molecule has 10 heteroatoms. The number of hydrogen-bond donors (Lipinski definition) is 2. The number of para-hydroxylation sites is 2. The molecule has 3 aromatic rings. The van der Waals surface area contributed by atoms with Crippen LogP contribution < -0.4 is 14.8 Å². The van der Waals surface area contributed by atoms with Crippen LogP contribution in [0.5, 0.6) is 5.75 Å². The van der Waals surface area contributed by atoms with Crippen LogP contribution in [0.4, 0.5) is 10.8 Å². The number of carbonyl (C=O) groups is 1. The molecule has 0 unspecified atom stereocenters. The van der Waals surface area contributed by atoms with Crippen molar-refractivity contribution in [3.8, 4) is 5.75 Å². The molecule has 0 saturated heterocycles. The minimum atomic E-state index is -3.69. The van der Waals surface area contributed by atoms with Gasteiger partial charge in [-0.3, -0.25) is 9.52 Å². The number of nitrogens with one attached hydrogen (secondary N) is 2. The Kier molecular flexibility index (Phi) is 5.02. The number of benzene rings is 1. The SMILES string of the molecule is COc1ccccc1NC(=O)c1csc(NS(=O)(=O)c2cccs2)n1. The van der Waals surface area contributed by atoms with Crippen LogP contribution in [0.2, 0.25) is 0 Å². The molecule has 0 aliphatic carbocycles. The minimum Gasteiger partial charge on any atom is -0.495 e. The average Bonchev–Trinajstić information content (AvgIpc) is 3.27. The van der Waals surface area contributed by atoms with Crippen LogP contribution in [0.25, 0.3) is 0 Å².